The molecule has 118 valence electrons. The van der Waals surface area contributed by atoms with Crippen LogP contribution in [0.15, 0.2) is 36.7 Å². The number of hydrogen-bond donors (Lipinski definition) is 1. The van der Waals surface area contributed by atoms with Gasteiger partial charge in [0.1, 0.15) is 0 Å². The molecule has 2 aromatic rings. The smallest absolute Gasteiger partial charge is 0.255 e. The Morgan fingerprint density at radius 3 is 2.50 bits per heavy atom. The van der Waals surface area contributed by atoms with Crippen molar-refractivity contribution in [2.75, 3.05) is 11.9 Å². The number of carbonyl (C=O) groups is 1. The lowest BCUT2D eigenvalue weighted by atomic mass is 10.1. The summed E-state index contributed by atoms with van der Waals surface area (Å²) in [6.07, 6.45) is 3.40. The van der Waals surface area contributed by atoms with Crippen LogP contribution in [0.25, 0.3) is 0 Å². The van der Waals surface area contributed by atoms with Crippen molar-refractivity contribution in [3.63, 3.8) is 0 Å². The summed E-state index contributed by atoms with van der Waals surface area (Å²) in [5, 5.41) is 6.87. The fraction of sp³-hybridized carbons (Fsp3) is 0.412. The highest BCUT2D eigenvalue weighted by atomic mass is 16.1. The average molecular weight is 300 g/mol. The number of carbonyl (C=O) groups excluding carboxylic acids is 1. The molecule has 0 saturated carbocycles. The summed E-state index contributed by atoms with van der Waals surface area (Å²) in [5.41, 5.74) is 2.57. The summed E-state index contributed by atoms with van der Waals surface area (Å²) in [4.78, 5) is 14.5. The van der Waals surface area contributed by atoms with Crippen LogP contribution in [0, 0.1) is 0 Å². The molecule has 0 fully saturated rings. The van der Waals surface area contributed by atoms with Gasteiger partial charge in [-0.1, -0.05) is 19.1 Å². The second-order valence-electron chi connectivity index (χ2n) is 5.71. The van der Waals surface area contributed by atoms with E-state index in [9.17, 15) is 4.79 Å². The van der Waals surface area contributed by atoms with Crippen molar-refractivity contribution in [2.45, 2.75) is 33.4 Å². The van der Waals surface area contributed by atoms with E-state index in [-0.39, 0.29) is 5.91 Å². The molecule has 5 heteroatoms. The normalized spacial score (nSPS) is 11.2. The molecule has 1 heterocycles. The molecule has 0 aliphatic heterocycles. The van der Waals surface area contributed by atoms with Gasteiger partial charge in [0, 0.05) is 31.4 Å². The van der Waals surface area contributed by atoms with Gasteiger partial charge in [-0.05, 0) is 38.1 Å². The first-order chi connectivity index (χ1) is 10.5. The van der Waals surface area contributed by atoms with Crippen molar-refractivity contribution in [3.05, 3.63) is 47.8 Å². The van der Waals surface area contributed by atoms with Gasteiger partial charge in [0.15, 0.2) is 0 Å². The Labute approximate surface area is 131 Å². The predicted octanol–water partition coefficient (Wildman–Crippen LogP) is 2.90. The number of amides is 1. The Bertz CT molecular complexity index is 616. The van der Waals surface area contributed by atoms with E-state index < -0.39 is 0 Å². The summed E-state index contributed by atoms with van der Waals surface area (Å²) in [5.74, 6) is -0.115. The van der Waals surface area contributed by atoms with Crippen LogP contribution in [0.3, 0.4) is 0 Å². The number of hydrogen-bond acceptors (Lipinski definition) is 3. The molecule has 0 unspecified atom stereocenters. The SMILES string of the molecule is CCN(Cc1ccc(C(=O)Nc2cnn(C)c2)cc1)C(C)C. The molecule has 5 nitrogen and oxygen atoms in total. The first kappa shape index (κ1) is 16.2. The van der Waals surface area contributed by atoms with E-state index >= 15 is 0 Å². The minimum absolute atomic E-state index is 0.115. The van der Waals surface area contributed by atoms with Crippen LogP contribution in [0.5, 0.6) is 0 Å². The minimum atomic E-state index is -0.115. The third-order valence-corrected chi connectivity index (χ3v) is 3.70. The standard InChI is InChI=1S/C17H24N4O/c1-5-21(13(2)3)11-14-6-8-15(9-7-14)17(22)19-16-10-18-20(4)12-16/h6-10,12-13H,5,11H2,1-4H3,(H,19,22). The minimum Gasteiger partial charge on any atom is -0.319 e. The first-order valence-electron chi connectivity index (χ1n) is 7.62. The van der Waals surface area contributed by atoms with Crippen molar-refractivity contribution < 1.29 is 4.79 Å². The molecule has 1 N–H and O–H groups in total. The van der Waals surface area contributed by atoms with E-state index in [0.29, 0.717) is 17.3 Å². The number of aromatic nitrogens is 2. The summed E-state index contributed by atoms with van der Waals surface area (Å²) in [6.45, 7) is 8.47. The first-order valence-corrected chi connectivity index (χ1v) is 7.62. The fourth-order valence-corrected chi connectivity index (χ4v) is 2.34. The van der Waals surface area contributed by atoms with Crippen LogP contribution < -0.4 is 5.32 Å². The third-order valence-electron chi connectivity index (χ3n) is 3.70. The summed E-state index contributed by atoms with van der Waals surface area (Å²) in [7, 11) is 1.82. The van der Waals surface area contributed by atoms with Gasteiger partial charge in [0.25, 0.3) is 5.91 Å². The number of nitrogens with one attached hydrogen (secondary N) is 1. The average Bonchev–Trinajstić information content (AvgIpc) is 2.90. The fourth-order valence-electron chi connectivity index (χ4n) is 2.34. The van der Waals surface area contributed by atoms with E-state index in [0.717, 1.165) is 13.1 Å². The van der Waals surface area contributed by atoms with Gasteiger partial charge in [-0.2, -0.15) is 5.10 Å². The van der Waals surface area contributed by atoms with Gasteiger partial charge in [-0.25, -0.2) is 0 Å². The number of aryl methyl sites for hydroxylation is 1. The predicted molar refractivity (Wildman–Crippen MR) is 88.8 cm³/mol. The van der Waals surface area contributed by atoms with E-state index in [1.54, 1.807) is 17.1 Å². The topological polar surface area (TPSA) is 50.2 Å². The van der Waals surface area contributed by atoms with E-state index in [1.165, 1.54) is 5.56 Å². The molecule has 1 aromatic heterocycles. The van der Waals surface area contributed by atoms with Crippen LogP contribution in [0.2, 0.25) is 0 Å². The largest absolute Gasteiger partial charge is 0.319 e. The van der Waals surface area contributed by atoms with E-state index in [2.05, 4.69) is 36.1 Å². The summed E-state index contributed by atoms with van der Waals surface area (Å²) in [6, 6.07) is 8.29. The monoisotopic (exact) mass is 300 g/mol. The molecule has 22 heavy (non-hydrogen) atoms. The van der Waals surface area contributed by atoms with Gasteiger partial charge < -0.3 is 5.32 Å². The molecule has 0 radical (unpaired) electrons. The van der Waals surface area contributed by atoms with Crippen molar-refractivity contribution in [1.82, 2.24) is 14.7 Å². The van der Waals surface area contributed by atoms with Crippen LogP contribution in [0.4, 0.5) is 5.69 Å². The Hall–Kier alpha value is -2.14. The maximum atomic E-state index is 12.2. The number of nitrogens with zero attached hydrogens (tertiary/aromatic N) is 3. The van der Waals surface area contributed by atoms with Gasteiger partial charge in [-0.15, -0.1) is 0 Å². The number of anilines is 1. The van der Waals surface area contributed by atoms with Crippen LogP contribution >= 0.6 is 0 Å². The molecule has 0 saturated heterocycles. The van der Waals surface area contributed by atoms with Crippen molar-refractivity contribution in [1.29, 1.82) is 0 Å². The van der Waals surface area contributed by atoms with Crippen molar-refractivity contribution in [2.24, 2.45) is 7.05 Å². The van der Waals surface area contributed by atoms with Crippen molar-refractivity contribution >= 4 is 11.6 Å². The third kappa shape index (κ3) is 4.18. The molecule has 1 aromatic carbocycles. The lowest BCUT2D eigenvalue weighted by Gasteiger charge is -2.24. The number of rotatable bonds is 6. The molecule has 0 aliphatic rings. The zero-order chi connectivity index (χ0) is 16.1. The maximum Gasteiger partial charge on any atom is 0.255 e. The van der Waals surface area contributed by atoms with Crippen LogP contribution in [0.1, 0.15) is 36.7 Å². The van der Waals surface area contributed by atoms with E-state index in [4.69, 9.17) is 0 Å². The summed E-state index contributed by atoms with van der Waals surface area (Å²) >= 11 is 0. The molecule has 1 amide bonds. The maximum absolute atomic E-state index is 12.2. The van der Waals surface area contributed by atoms with Gasteiger partial charge in [-0.3, -0.25) is 14.4 Å². The van der Waals surface area contributed by atoms with Crippen LogP contribution in [-0.2, 0) is 13.6 Å². The highest BCUT2D eigenvalue weighted by molar-refractivity contribution is 6.04. The molecule has 0 spiro atoms. The number of benzene rings is 1. The molecular weight excluding hydrogens is 276 g/mol. The lowest BCUT2D eigenvalue weighted by molar-refractivity contribution is 0.102. The zero-order valence-corrected chi connectivity index (χ0v) is 13.7. The Morgan fingerprint density at radius 1 is 1.32 bits per heavy atom. The Morgan fingerprint density at radius 2 is 2.00 bits per heavy atom. The molecule has 0 aliphatic carbocycles. The van der Waals surface area contributed by atoms with Gasteiger partial charge in [0.05, 0.1) is 11.9 Å². The van der Waals surface area contributed by atoms with Crippen molar-refractivity contribution in [3.8, 4) is 0 Å². The van der Waals surface area contributed by atoms with Crippen LogP contribution in [-0.4, -0.2) is 33.2 Å². The quantitative estimate of drug-likeness (QED) is 0.892. The molecule has 0 bridgehead atoms. The molecule has 0 atom stereocenters. The zero-order valence-electron chi connectivity index (χ0n) is 13.7. The second-order valence-corrected chi connectivity index (χ2v) is 5.71. The van der Waals surface area contributed by atoms with Gasteiger partial charge >= 0.3 is 0 Å². The lowest BCUT2D eigenvalue weighted by Crippen LogP contribution is -2.29. The summed E-state index contributed by atoms with van der Waals surface area (Å²) < 4.78 is 1.66. The van der Waals surface area contributed by atoms with Gasteiger partial charge in [0.2, 0.25) is 0 Å². The second kappa shape index (κ2) is 7.22. The highest BCUT2D eigenvalue weighted by Gasteiger charge is 2.10. The Balaban J connectivity index is 2.00. The van der Waals surface area contributed by atoms with E-state index in [1.807, 2.05) is 31.3 Å². The molecular formula is C17H24N4O. The highest BCUT2D eigenvalue weighted by Crippen LogP contribution is 2.12. The Kier molecular flexibility index (Phi) is 5.33. The molecule has 2 rings (SSSR count).